The van der Waals surface area contributed by atoms with Crippen molar-refractivity contribution in [2.45, 2.75) is 18.7 Å². The molecule has 0 unspecified atom stereocenters. The van der Waals surface area contributed by atoms with Crippen LogP contribution in [-0.4, -0.2) is 6.61 Å². The molecule has 1 aliphatic rings. The molecule has 0 atom stereocenters. The van der Waals surface area contributed by atoms with E-state index in [0.29, 0.717) is 27.6 Å². The Bertz CT molecular complexity index is 361. The largest absolute Gasteiger partial charge is 0.491 e. The summed E-state index contributed by atoms with van der Waals surface area (Å²) in [6.45, 7) is 0.727. The second-order valence-corrected chi connectivity index (χ2v) is 4.87. The molecule has 0 aliphatic heterocycles. The molecular formula is C11H11Cl3O. The van der Waals surface area contributed by atoms with Crippen molar-refractivity contribution >= 4 is 34.8 Å². The zero-order valence-corrected chi connectivity index (χ0v) is 10.4. The van der Waals surface area contributed by atoms with E-state index >= 15 is 0 Å². The molecule has 1 saturated carbocycles. The lowest BCUT2D eigenvalue weighted by Gasteiger charge is -2.11. The Balaban J connectivity index is 2.17. The third-order valence-electron chi connectivity index (χ3n) is 2.39. The summed E-state index contributed by atoms with van der Waals surface area (Å²) in [5.74, 6) is 1.74. The van der Waals surface area contributed by atoms with Crippen LogP contribution in [-0.2, 0) is 5.88 Å². The summed E-state index contributed by atoms with van der Waals surface area (Å²) in [6, 6.07) is 3.48. The van der Waals surface area contributed by atoms with Crippen LogP contribution in [0.25, 0.3) is 0 Å². The smallest absolute Gasteiger partial charge is 0.142 e. The lowest BCUT2D eigenvalue weighted by molar-refractivity contribution is 0.298. The van der Waals surface area contributed by atoms with Crippen molar-refractivity contribution in [3.05, 3.63) is 27.7 Å². The van der Waals surface area contributed by atoms with E-state index in [0.717, 1.165) is 12.2 Å². The SMILES string of the molecule is ClCc1cc(Cl)cc(Cl)c1OCC1CC1. The molecule has 0 bridgehead atoms. The van der Waals surface area contributed by atoms with E-state index in [4.69, 9.17) is 39.5 Å². The molecule has 0 N–H and O–H groups in total. The van der Waals surface area contributed by atoms with E-state index < -0.39 is 0 Å². The number of alkyl halides is 1. The lowest BCUT2D eigenvalue weighted by Crippen LogP contribution is -2.01. The third kappa shape index (κ3) is 2.93. The minimum atomic E-state index is 0.361. The third-order valence-corrected chi connectivity index (χ3v) is 3.18. The Hall–Kier alpha value is -0.110. The fourth-order valence-electron chi connectivity index (χ4n) is 1.36. The highest BCUT2D eigenvalue weighted by Gasteiger charge is 2.23. The van der Waals surface area contributed by atoms with Crippen LogP contribution in [0.4, 0.5) is 0 Å². The first-order chi connectivity index (χ1) is 7.20. The average molecular weight is 266 g/mol. The molecule has 1 fully saturated rings. The predicted molar refractivity (Wildman–Crippen MR) is 64.2 cm³/mol. The maximum Gasteiger partial charge on any atom is 0.142 e. The summed E-state index contributed by atoms with van der Waals surface area (Å²) in [5.41, 5.74) is 0.856. The zero-order valence-electron chi connectivity index (χ0n) is 8.10. The molecule has 1 nitrogen and oxygen atoms in total. The van der Waals surface area contributed by atoms with Crippen LogP contribution in [0.5, 0.6) is 5.75 Å². The van der Waals surface area contributed by atoms with Crippen molar-refractivity contribution in [1.29, 1.82) is 0 Å². The van der Waals surface area contributed by atoms with Crippen LogP contribution in [0, 0.1) is 5.92 Å². The molecule has 0 heterocycles. The topological polar surface area (TPSA) is 9.23 Å². The molecule has 1 aromatic rings. The zero-order chi connectivity index (χ0) is 10.8. The molecule has 82 valence electrons. The number of rotatable bonds is 4. The van der Waals surface area contributed by atoms with Gasteiger partial charge in [-0.15, -0.1) is 11.6 Å². The molecule has 2 rings (SSSR count). The van der Waals surface area contributed by atoms with Gasteiger partial charge < -0.3 is 4.74 Å². The van der Waals surface area contributed by atoms with Gasteiger partial charge in [-0.25, -0.2) is 0 Å². The Morgan fingerprint density at radius 2 is 2.00 bits per heavy atom. The molecule has 15 heavy (non-hydrogen) atoms. The first kappa shape index (κ1) is 11.4. The van der Waals surface area contributed by atoms with E-state index in [-0.39, 0.29) is 0 Å². The monoisotopic (exact) mass is 264 g/mol. The van der Waals surface area contributed by atoms with Gasteiger partial charge in [0.25, 0.3) is 0 Å². The van der Waals surface area contributed by atoms with Gasteiger partial charge >= 0.3 is 0 Å². The van der Waals surface area contributed by atoms with Crippen molar-refractivity contribution in [2.24, 2.45) is 5.92 Å². The molecule has 0 aromatic heterocycles. The summed E-state index contributed by atoms with van der Waals surface area (Å²) in [6.07, 6.45) is 2.50. The second-order valence-electron chi connectivity index (χ2n) is 3.76. The summed E-state index contributed by atoms with van der Waals surface area (Å²) in [7, 11) is 0. The molecule has 4 heteroatoms. The van der Waals surface area contributed by atoms with Crippen LogP contribution in [0.2, 0.25) is 10.0 Å². The highest BCUT2D eigenvalue weighted by molar-refractivity contribution is 6.35. The Labute approximate surface area is 104 Å². The summed E-state index contributed by atoms with van der Waals surface area (Å²) in [4.78, 5) is 0. The molecule has 1 aliphatic carbocycles. The first-order valence-corrected chi connectivity index (χ1v) is 6.16. The predicted octanol–water partition coefficient (Wildman–Crippen LogP) is 4.52. The average Bonchev–Trinajstić information content (AvgIpc) is 2.99. The highest BCUT2D eigenvalue weighted by Crippen LogP contribution is 2.36. The quantitative estimate of drug-likeness (QED) is 0.727. The highest BCUT2D eigenvalue weighted by atomic mass is 35.5. The molecule has 0 amide bonds. The van der Waals surface area contributed by atoms with Gasteiger partial charge in [-0.2, -0.15) is 0 Å². The van der Waals surface area contributed by atoms with E-state index in [1.165, 1.54) is 12.8 Å². The number of hydrogen-bond acceptors (Lipinski definition) is 1. The van der Waals surface area contributed by atoms with Gasteiger partial charge in [0.1, 0.15) is 5.75 Å². The maximum absolute atomic E-state index is 6.05. The minimum absolute atomic E-state index is 0.361. The van der Waals surface area contributed by atoms with Gasteiger partial charge in [0, 0.05) is 10.6 Å². The summed E-state index contributed by atoms with van der Waals surface area (Å²) < 4.78 is 5.66. The van der Waals surface area contributed by atoms with Crippen molar-refractivity contribution in [1.82, 2.24) is 0 Å². The van der Waals surface area contributed by atoms with Gasteiger partial charge in [0.15, 0.2) is 0 Å². The van der Waals surface area contributed by atoms with Gasteiger partial charge in [0.05, 0.1) is 17.5 Å². The van der Waals surface area contributed by atoms with Crippen LogP contribution in [0.1, 0.15) is 18.4 Å². The van der Waals surface area contributed by atoms with E-state index in [1.807, 2.05) is 0 Å². The Kier molecular flexibility index (Phi) is 3.65. The van der Waals surface area contributed by atoms with Gasteiger partial charge in [-0.05, 0) is 30.9 Å². The normalized spacial score (nSPS) is 15.4. The minimum Gasteiger partial charge on any atom is -0.491 e. The number of halogens is 3. The molecule has 0 radical (unpaired) electrons. The Morgan fingerprint density at radius 1 is 1.27 bits per heavy atom. The van der Waals surface area contributed by atoms with E-state index in [2.05, 4.69) is 0 Å². The first-order valence-electron chi connectivity index (χ1n) is 4.87. The number of ether oxygens (including phenoxy) is 1. The fraction of sp³-hybridized carbons (Fsp3) is 0.455. The van der Waals surface area contributed by atoms with Crippen LogP contribution in [0.15, 0.2) is 12.1 Å². The maximum atomic E-state index is 6.05. The summed E-state index contributed by atoms with van der Waals surface area (Å²) >= 11 is 17.7. The lowest BCUT2D eigenvalue weighted by atomic mass is 10.2. The van der Waals surface area contributed by atoms with E-state index in [1.54, 1.807) is 12.1 Å². The van der Waals surface area contributed by atoms with Crippen molar-refractivity contribution in [3.63, 3.8) is 0 Å². The van der Waals surface area contributed by atoms with Gasteiger partial charge in [0.2, 0.25) is 0 Å². The van der Waals surface area contributed by atoms with Gasteiger partial charge in [-0.3, -0.25) is 0 Å². The van der Waals surface area contributed by atoms with E-state index in [9.17, 15) is 0 Å². The van der Waals surface area contributed by atoms with Crippen molar-refractivity contribution < 1.29 is 4.74 Å². The molecular weight excluding hydrogens is 254 g/mol. The number of hydrogen-bond donors (Lipinski definition) is 0. The Morgan fingerprint density at radius 3 is 2.60 bits per heavy atom. The second kappa shape index (κ2) is 4.82. The standard InChI is InChI=1S/C11H11Cl3O/c12-5-8-3-9(13)4-10(14)11(8)15-6-7-1-2-7/h3-4,7H,1-2,5-6H2. The van der Waals surface area contributed by atoms with Crippen molar-refractivity contribution in [3.8, 4) is 5.75 Å². The van der Waals surface area contributed by atoms with Crippen LogP contribution in [0.3, 0.4) is 0 Å². The fourth-order valence-corrected chi connectivity index (χ4v) is 2.15. The molecule has 0 spiro atoms. The van der Waals surface area contributed by atoms with Gasteiger partial charge in [-0.1, -0.05) is 23.2 Å². The van der Waals surface area contributed by atoms with Crippen LogP contribution >= 0.6 is 34.8 Å². The van der Waals surface area contributed by atoms with Crippen molar-refractivity contribution in [2.75, 3.05) is 6.61 Å². The summed E-state index contributed by atoms with van der Waals surface area (Å²) in [5, 5.41) is 1.13. The molecule has 0 saturated heterocycles. The molecule has 1 aromatic carbocycles. The van der Waals surface area contributed by atoms with Crippen LogP contribution < -0.4 is 4.74 Å². The number of benzene rings is 1.